The first-order chi connectivity index (χ1) is 5.54. The minimum Gasteiger partial charge on any atom is -0.402 e. The van der Waals surface area contributed by atoms with Gasteiger partial charge >= 0.3 is 7.32 Å². The Kier molecular flexibility index (Phi) is 5.61. The molecule has 65 valence electrons. The van der Waals surface area contributed by atoms with E-state index >= 15 is 0 Å². The van der Waals surface area contributed by atoms with E-state index in [0.717, 1.165) is 12.7 Å². The van der Waals surface area contributed by atoms with Crippen molar-refractivity contribution in [3.05, 3.63) is 0 Å². The lowest BCUT2D eigenvalue weighted by atomic mass is 9.63. The zero-order valence-electron chi connectivity index (χ0n) is 6.43. The van der Waals surface area contributed by atoms with Gasteiger partial charge < -0.3 is 19.9 Å². The van der Waals surface area contributed by atoms with Crippen molar-refractivity contribution in [3.8, 4) is 0 Å². The summed E-state index contributed by atoms with van der Waals surface area (Å²) in [5, 5.41) is 21.5. The normalized spacial score (nSPS) is 15.9. The lowest BCUT2D eigenvalue weighted by Gasteiger charge is -2.03. The molecule has 1 aliphatic rings. The number of carbonyl (C=O) groups is 2. The van der Waals surface area contributed by atoms with Crippen LogP contribution in [0.3, 0.4) is 0 Å². The van der Waals surface area contributed by atoms with E-state index < -0.39 is 7.32 Å². The first kappa shape index (κ1) is 11.3. The maximum atomic E-state index is 10.4. The maximum absolute atomic E-state index is 10.4. The van der Waals surface area contributed by atoms with Gasteiger partial charge in [0.15, 0.2) is 5.78 Å². The Hall–Kier alpha value is -0.650. The molecule has 0 atom stereocenters. The third kappa shape index (κ3) is 6.09. The minimum absolute atomic E-state index is 0.226. The molecule has 1 saturated heterocycles. The first-order valence-corrected chi connectivity index (χ1v) is 3.48. The molecule has 7 heteroatoms. The lowest BCUT2D eigenvalue weighted by molar-refractivity contribution is -0.132. The number of hydrogen-bond donors (Lipinski definition) is 3. The molecule has 1 aliphatic heterocycles. The summed E-state index contributed by atoms with van der Waals surface area (Å²) >= 11 is 0. The quantitative estimate of drug-likeness (QED) is 0.287. The van der Waals surface area contributed by atoms with Gasteiger partial charge in [-0.3, -0.25) is 4.79 Å². The second-order valence-corrected chi connectivity index (χ2v) is 2.23. The molecule has 0 amide bonds. The third-order valence-corrected chi connectivity index (χ3v) is 1.21. The minimum atomic E-state index is -2.17. The van der Waals surface area contributed by atoms with E-state index in [0.29, 0.717) is 6.42 Å². The summed E-state index contributed by atoms with van der Waals surface area (Å²) in [4.78, 5) is 20.8. The third-order valence-electron chi connectivity index (χ3n) is 1.21. The van der Waals surface area contributed by atoms with E-state index in [1.54, 1.807) is 0 Å². The van der Waals surface area contributed by atoms with Crippen LogP contribution >= 0.6 is 0 Å². The van der Waals surface area contributed by atoms with E-state index in [9.17, 15) is 9.59 Å². The molecule has 12 heavy (non-hydrogen) atoms. The molecule has 1 rings (SSSR count). The topological polar surface area (TPSA) is 94.8 Å². The van der Waals surface area contributed by atoms with Crippen LogP contribution in [0, 0.1) is 0 Å². The molecule has 1 radical (unpaired) electrons. The zero-order valence-corrected chi connectivity index (χ0v) is 6.43. The molecule has 0 bridgehead atoms. The second kappa shape index (κ2) is 5.93. The van der Waals surface area contributed by atoms with Gasteiger partial charge in [0, 0.05) is 6.42 Å². The Morgan fingerprint density at radius 3 is 2.00 bits per heavy atom. The van der Waals surface area contributed by atoms with Crippen LogP contribution in [0.2, 0.25) is 6.32 Å². The van der Waals surface area contributed by atoms with Crippen molar-refractivity contribution in [2.24, 2.45) is 0 Å². The van der Waals surface area contributed by atoms with Crippen molar-refractivity contribution in [2.75, 3.05) is 0 Å². The number of rotatable bonds is 0. The van der Waals surface area contributed by atoms with Crippen LogP contribution in [0.15, 0.2) is 0 Å². The van der Waals surface area contributed by atoms with Gasteiger partial charge in [-0.2, -0.15) is 0 Å². The maximum Gasteiger partial charge on any atom is 0.631 e. The number of hydrogen-bond acceptors (Lipinski definition) is 5. The highest BCUT2D eigenvalue weighted by Crippen LogP contribution is 2.03. The summed E-state index contributed by atoms with van der Waals surface area (Å²) in [5.41, 5.74) is -0.295. The van der Waals surface area contributed by atoms with E-state index in [2.05, 4.69) is 0 Å². The molecular formula is C5H9B2O5. The van der Waals surface area contributed by atoms with Gasteiger partial charge in [0.2, 0.25) is 7.28 Å². The van der Waals surface area contributed by atoms with Crippen molar-refractivity contribution >= 4 is 26.1 Å². The fraction of sp³-hybridized carbons (Fsp3) is 0.600. The molecule has 0 aliphatic carbocycles. The van der Waals surface area contributed by atoms with Gasteiger partial charge in [-0.1, -0.05) is 12.7 Å². The monoisotopic (exact) mass is 171 g/mol. The Bertz CT molecular complexity index is 150. The van der Waals surface area contributed by atoms with Crippen LogP contribution in [0.1, 0.15) is 12.8 Å². The highest BCUT2D eigenvalue weighted by molar-refractivity contribution is 6.88. The highest BCUT2D eigenvalue weighted by Gasteiger charge is 2.18. The van der Waals surface area contributed by atoms with Crippen LogP contribution in [-0.2, 0) is 9.59 Å². The van der Waals surface area contributed by atoms with E-state index in [4.69, 9.17) is 15.1 Å². The van der Waals surface area contributed by atoms with Crippen LogP contribution in [0.4, 0.5) is 0 Å². The SMILES string of the molecule is O=C1[B]CCCC1=O.OB(O)O. The Morgan fingerprint density at radius 2 is 1.75 bits per heavy atom. The predicted molar refractivity (Wildman–Crippen MR) is 42.2 cm³/mol. The summed E-state index contributed by atoms with van der Waals surface area (Å²) in [6, 6.07) is 0. The molecule has 1 heterocycles. The predicted octanol–water partition coefficient (Wildman–Crippen LogP) is -2.05. The molecule has 5 nitrogen and oxygen atoms in total. The summed E-state index contributed by atoms with van der Waals surface area (Å²) in [5.74, 6) is -0.226. The van der Waals surface area contributed by atoms with E-state index in [-0.39, 0.29) is 11.5 Å². The van der Waals surface area contributed by atoms with Crippen molar-refractivity contribution in [1.82, 2.24) is 0 Å². The van der Waals surface area contributed by atoms with Crippen LogP contribution in [-0.4, -0.2) is 41.1 Å². The van der Waals surface area contributed by atoms with Gasteiger partial charge in [0.05, 0.1) is 0 Å². The fourth-order valence-corrected chi connectivity index (χ4v) is 0.733. The molecule has 0 saturated carbocycles. The largest absolute Gasteiger partial charge is 0.631 e. The van der Waals surface area contributed by atoms with Gasteiger partial charge in [-0.15, -0.1) is 0 Å². The molecular weight excluding hydrogens is 162 g/mol. The average molecular weight is 171 g/mol. The van der Waals surface area contributed by atoms with Crippen molar-refractivity contribution in [3.63, 3.8) is 0 Å². The fourth-order valence-electron chi connectivity index (χ4n) is 0.733. The van der Waals surface area contributed by atoms with Crippen molar-refractivity contribution < 1.29 is 24.7 Å². The van der Waals surface area contributed by atoms with Gasteiger partial charge in [0.1, 0.15) is 5.68 Å². The number of carbonyl (C=O) groups excluding carboxylic acids is 2. The molecule has 0 unspecified atom stereocenters. The first-order valence-electron chi connectivity index (χ1n) is 3.48. The Balaban J connectivity index is 0.000000261. The zero-order chi connectivity index (χ0) is 9.56. The molecule has 0 spiro atoms. The van der Waals surface area contributed by atoms with Gasteiger partial charge in [0.25, 0.3) is 0 Å². The van der Waals surface area contributed by atoms with Crippen LogP contribution in [0.5, 0.6) is 0 Å². The van der Waals surface area contributed by atoms with E-state index in [1.165, 1.54) is 7.28 Å². The summed E-state index contributed by atoms with van der Waals surface area (Å²) in [6.07, 6.45) is 2.09. The summed E-state index contributed by atoms with van der Waals surface area (Å²) in [7, 11) is -0.703. The van der Waals surface area contributed by atoms with E-state index in [1.807, 2.05) is 0 Å². The van der Waals surface area contributed by atoms with Crippen molar-refractivity contribution in [2.45, 2.75) is 19.2 Å². The molecule has 0 aromatic heterocycles. The highest BCUT2D eigenvalue weighted by atomic mass is 16.5. The average Bonchev–Trinajstić information content (AvgIpc) is 1.94. The molecule has 0 aromatic carbocycles. The van der Waals surface area contributed by atoms with Gasteiger partial charge in [-0.25, -0.2) is 0 Å². The summed E-state index contributed by atoms with van der Waals surface area (Å²) in [6.45, 7) is 0. The van der Waals surface area contributed by atoms with Crippen LogP contribution < -0.4 is 0 Å². The Labute approximate surface area is 70.8 Å². The Morgan fingerprint density at radius 1 is 1.25 bits per heavy atom. The second-order valence-electron chi connectivity index (χ2n) is 2.23. The standard InChI is InChI=1S/C5H6BO2.BH3O3/c7-4-2-1-3-6-5(4)8;2-1(3)4/h1-3H2;2-4H. The lowest BCUT2D eigenvalue weighted by Crippen LogP contribution is -2.24. The molecule has 0 aromatic rings. The molecule has 3 N–H and O–H groups in total. The molecule has 1 fully saturated rings. The van der Waals surface area contributed by atoms with Crippen LogP contribution in [0.25, 0.3) is 0 Å². The number of ketones is 1. The number of Topliss-reactive ketones (excluding diaryl/α,β-unsaturated/α-hetero) is 1. The van der Waals surface area contributed by atoms with Gasteiger partial charge in [-0.05, 0) is 0 Å². The van der Waals surface area contributed by atoms with Crippen molar-refractivity contribution in [1.29, 1.82) is 0 Å². The summed E-state index contributed by atoms with van der Waals surface area (Å²) < 4.78 is 0. The smallest absolute Gasteiger partial charge is 0.402 e.